The molecule has 4 nitrogen and oxygen atoms in total. The molecule has 1 amide bonds. The third-order valence-electron chi connectivity index (χ3n) is 2.24. The first kappa shape index (κ1) is 12.3. The molecule has 2 aromatic rings. The van der Waals surface area contributed by atoms with E-state index in [1.807, 2.05) is 26.0 Å². The van der Waals surface area contributed by atoms with Gasteiger partial charge in [-0.15, -0.1) is 11.3 Å². The van der Waals surface area contributed by atoms with Crippen molar-refractivity contribution in [2.24, 2.45) is 0 Å². The van der Waals surface area contributed by atoms with E-state index < -0.39 is 0 Å². The molecule has 0 fully saturated rings. The minimum atomic E-state index is -0.102. The molecule has 0 aromatic carbocycles. The second-order valence-electron chi connectivity index (χ2n) is 3.54. The highest BCUT2D eigenvalue weighted by molar-refractivity contribution is 9.11. The van der Waals surface area contributed by atoms with Gasteiger partial charge in [0.2, 0.25) is 0 Å². The lowest BCUT2D eigenvalue weighted by Gasteiger charge is -2.05. The monoisotopic (exact) mass is 313 g/mol. The Bertz CT molecular complexity index is 547. The average Bonchev–Trinajstić information content (AvgIpc) is 2.85. The van der Waals surface area contributed by atoms with Crippen molar-refractivity contribution in [2.45, 2.75) is 20.4 Å². The number of hydrogen-bond acceptors (Lipinski definition) is 3. The van der Waals surface area contributed by atoms with Gasteiger partial charge in [0, 0.05) is 12.6 Å². The van der Waals surface area contributed by atoms with Gasteiger partial charge in [0.05, 0.1) is 14.4 Å². The summed E-state index contributed by atoms with van der Waals surface area (Å²) in [6.07, 6.45) is 0. The minimum absolute atomic E-state index is 0.102. The lowest BCUT2D eigenvalue weighted by atomic mass is 10.4. The van der Waals surface area contributed by atoms with Crippen molar-refractivity contribution in [1.82, 2.24) is 9.78 Å². The largest absolute Gasteiger partial charge is 0.306 e. The third kappa shape index (κ3) is 2.76. The van der Waals surface area contributed by atoms with E-state index in [-0.39, 0.29) is 5.91 Å². The minimum Gasteiger partial charge on any atom is -0.306 e. The van der Waals surface area contributed by atoms with Crippen molar-refractivity contribution >= 4 is 39.0 Å². The van der Waals surface area contributed by atoms with Crippen LogP contribution in [0.2, 0.25) is 0 Å². The summed E-state index contributed by atoms with van der Waals surface area (Å²) in [5.41, 5.74) is 0.898. The fourth-order valence-electron chi connectivity index (χ4n) is 1.50. The number of nitrogens with zero attached hydrogens (tertiary/aromatic N) is 2. The molecule has 0 radical (unpaired) electrons. The summed E-state index contributed by atoms with van der Waals surface area (Å²) < 4.78 is 2.72. The molecular formula is C11H12BrN3OS. The summed E-state index contributed by atoms with van der Waals surface area (Å²) in [5, 5.41) is 7.14. The fourth-order valence-corrected chi connectivity index (χ4v) is 2.78. The molecule has 0 unspecified atom stereocenters. The van der Waals surface area contributed by atoms with Gasteiger partial charge in [0.25, 0.3) is 5.91 Å². The Balaban J connectivity index is 2.18. The molecule has 0 saturated carbocycles. The van der Waals surface area contributed by atoms with E-state index in [1.54, 1.807) is 10.7 Å². The Morgan fingerprint density at radius 1 is 1.59 bits per heavy atom. The standard InChI is InChI=1S/C11H12BrN3OS/c1-3-15-10(6-7(2)14-15)13-11(16)8-4-5-9(12)17-8/h4-6H,3H2,1-2H3,(H,13,16). The Kier molecular flexibility index (Phi) is 3.63. The van der Waals surface area contributed by atoms with Gasteiger partial charge in [0.15, 0.2) is 0 Å². The van der Waals surface area contributed by atoms with Crippen LogP contribution in [0, 0.1) is 6.92 Å². The first-order valence-corrected chi connectivity index (χ1v) is 6.82. The van der Waals surface area contributed by atoms with Gasteiger partial charge in [-0.3, -0.25) is 4.79 Å². The van der Waals surface area contributed by atoms with Crippen molar-refractivity contribution in [2.75, 3.05) is 5.32 Å². The van der Waals surface area contributed by atoms with Crippen molar-refractivity contribution in [3.8, 4) is 0 Å². The number of halogens is 1. The molecule has 6 heteroatoms. The van der Waals surface area contributed by atoms with Crippen molar-refractivity contribution in [3.05, 3.63) is 32.6 Å². The van der Waals surface area contributed by atoms with Gasteiger partial charge in [-0.25, -0.2) is 4.68 Å². The number of thiophene rings is 1. The van der Waals surface area contributed by atoms with E-state index >= 15 is 0 Å². The molecule has 17 heavy (non-hydrogen) atoms. The predicted octanol–water partition coefficient (Wildman–Crippen LogP) is 3.29. The molecule has 0 bridgehead atoms. The molecule has 2 rings (SSSR count). The van der Waals surface area contributed by atoms with Crippen LogP contribution < -0.4 is 5.32 Å². The zero-order valence-electron chi connectivity index (χ0n) is 9.53. The summed E-state index contributed by atoms with van der Waals surface area (Å²) in [6, 6.07) is 5.52. The van der Waals surface area contributed by atoms with Crippen molar-refractivity contribution < 1.29 is 4.79 Å². The molecule has 0 aliphatic carbocycles. The summed E-state index contributed by atoms with van der Waals surface area (Å²) >= 11 is 4.75. The Morgan fingerprint density at radius 2 is 2.35 bits per heavy atom. The van der Waals surface area contributed by atoms with Crippen LogP contribution in [-0.4, -0.2) is 15.7 Å². The summed E-state index contributed by atoms with van der Waals surface area (Å²) in [7, 11) is 0. The topological polar surface area (TPSA) is 46.9 Å². The van der Waals surface area contributed by atoms with Gasteiger partial charge in [-0.05, 0) is 41.9 Å². The number of aryl methyl sites for hydroxylation is 2. The SMILES string of the molecule is CCn1nc(C)cc1NC(=O)c1ccc(Br)s1. The molecule has 2 aromatic heterocycles. The summed E-state index contributed by atoms with van der Waals surface area (Å²) in [5.74, 6) is 0.634. The highest BCUT2D eigenvalue weighted by atomic mass is 79.9. The normalized spacial score (nSPS) is 10.5. The number of hydrogen-bond donors (Lipinski definition) is 1. The van der Waals surface area contributed by atoms with Crippen molar-refractivity contribution in [3.63, 3.8) is 0 Å². The fraction of sp³-hybridized carbons (Fsp3) is 0.273. The molecular weight excluding hydrogens is 302 g/mol. The number of nitrogens with one attached hydrogen (secondary N) is 1. The summed E-state index contributed by atoms with van der Waals surface area (Å²) in [4.78, 5) is 12.6. The second-order valence-corrected chi connectivity index (χ2v) is 6.01. The Morgan fingerprint density at radius 3 is 2.94 bits per heavy atom. The Hall–Kier alpha value is -1.14. The van der Waals surface area contributed by atoms with Crippen molar-refractivity contribution in [1.29, 1.82) is 0 Å². The number of amides is 1. The van der Waals surface area contributed by atoms with Gasteiger partial charge in [0.1, 0.15) is 5.82 Å². The van der Waals surface area contributed by atoms with E-state index in [0.29, 0.717) is 4.88 Å². The lowest BCUT2D eigenvalue weighted by molar-refractivity contribution is 0.102. The van der Waals surface area contributed by atoms with Crippen LogP contribution in [0.25, 0.3) is 0 Å². The second kappa shape index (κ2) is 5.01. The lowest BCUT2D eigenvalue weighted by Crippen LogP contribution is -2.14. The maximum atomic E-state index is 11.9. The third-order valence-corrected chi connectivity index (χ3v) is 3.86. The average molecular weight is 314 g/mol. The first-order chi connectivity index (χ1) is 8.10. The van der Waals surface area contributed by atoms with Crippen LogP contribution in [0.5, 0.6) is 0 Å². The maximum absolute atomic E-state index is 11.9. The molecule has 0 aliphatic rings. The smallest absolute Gasteiger partial charge is 0.266 e. The van der Waals surface area contributed by atoms with Crippen LogP contribution in [-0.2, 0) is 6.54 Å². The number of carbonyl (C=O) groups is 1. The number of rotatable bonds is 3. The molecule has 0 aliphatic heterocycles. The molecule has 2 heterocycles. The van der Waals surface area contributed by atoms with E-state index in [0.717, 1.165) is 21.8 Å². The molecule has 0 spiro atoms. The van der Waals surface area contributed by atoms with Crippen LogP contribution in [0.15, 0.2) is 22.0 Å². The van der Waals surface area contributed by atoms with E-state index in [1.165, 1.54) is 11.3 Å². The summed E-state index contributed by atoms with van der Waals surface area (Å²) in [6.45, 7) is 4.63. The molecule has 0 atom stereocenters. The highest BCUT2D eigenvalue weighted by Gasteiger charge is 2.11. The van der Waals surface area contributed by atoms with E-state index in [9.17, 15) is 4.79 Å². The Labute approximate surface area is 112 Å². The van der Waals surface area contributed by atoms with Crippen LogP contribution in [0.3, 0.4) is 0 Å². The number of carbonyl (C=O) groups excluding carboxylic acids is 1. The van der Waals surface area contributed by atoms with Crippen LogP contribution in [0.1, 0.15) is 22.3 Å². The quantitative estimate of drug-likeness (QED) is 0.945. The zero-order chi connectivity index (χ0) is 12.4. The van der Waals surface area contributed by atoms with E-state index in [2.05, 4.69) is 26.3 Å². The van der Waals surface area contributed by atoms with E-state index in [4.69, 9.17) is 0 Å². The van der Waals surface area contributed by atoms with Gasteiger partial charge in [-0.1, -0.05) is 0 Å². The predicted molar refractivity (Wildman–Crippen MR) is 72.6 cm³/mol. The van der Waals surface area contributed by atoms with Gasteiger partial charge < -0.3 is 5.32 Å². The number of aromatic nitrogens is 2. The van der Waals surface area contributed by atoms with Gasteiger partial charge >= 0.3 is 0 Å². The zero-order valence-corrected chi connectivity index (χ0v) is 11.9. The van der Waals surface area contributed by atoms with Crippen LogP contribution in [0.4, 0.5) is 5.82 Å². The molecule has 1 N–H and O–H groups in total. The molecule has 0 saturated heterocycles. The number of anilines is 1. The molecule has 90 valence electrons. The van der Waals surface area contributed by atoms with Crippen LogP contribution >= 0.6 is 27.3 Å². The maximum Gasteiger partial charge on any atom is 0.266 e. The van der Waals surface area contributed by atoms with Gasteiger partial charge in [-0.2, -0.15) is 5.10 Å². The first-order valence-electron chi connectivity index (χ1n) is 5.21. The highest BCUT2D eigenvalue weighted by Crippen LogP contribution is 2.23.